The van der Waals surface area contributed by atoms with Crippen LogP contribution in [0, 0.1) is 11.7 Å². The molecular formula is C18H22F4N4O2. The normalized spacial score (nSPS) is 26.2. The van der Waals surface area contributed by atoms with E-state index in [1.807, 2.05) is 0 Å². The van der Waals surface area contributed by atoms with Crippen molar-refractivity contribution >= 4 is 17.5 Å². The maximum Gasteiger partial charge on any atom is 0.416 e. The molecule has 2 amide bonds. The highest BCUT2D eigenvalue weighted by atomic mass is 19.4. The van der Waals surface area contributed by atoms with Gasteiger partial charge in [-0.1, -0.05) is 0 Å². The van der Waals surface area contributed by atoms with E-state index >= 15 is 0 Å². The fourth-order valence-corrected chi connectivity index (χ4v) is 3.90. The standard InChI is InChI=1S/C18H22F4N4O2/c19-11-6-10(18(20,21)22)7-12(8-11)25-14-2-1-5-26(17(14)28)15-9-24-4-3-13(15)16(23)27/h6-8,13-15,24-25H,1-5,9H2,(H2,23,27)/t13-,14?,15-/m0/s1. The van der Waals surface area contributed by atoms with Crippen molar-refractivity contribution in [2.24, 2.45) is 11.7 Å². The van der Waals surface area contributed by atoms with Crippen LogP contribution in [0.3, 0.4) is 0 Å². The number of nitrogens with zero attached hydrogens (tertiary/aromatic N) is 1. The lowest BCUT2D eigenvalue weighted by molar-refractivity contribution is -0.140. The SMILES string of the molecule is NC(=O)[C@H]1CCNC[C@@H]1N1CCCC(Nc2cc(F)cc(C(F)(F)F)c2)C1=O. The fraction of sp³-hybridized carbons (Fsp3) is 0.556. The number of nitrogens with two attached hydrogens (primary N) is 1. The second kappa shape index (κ2) is 7.94. The van der Waals surface area contributed by atoms with E-state index in [0.717, 1.165) is 12.1 Å². The second-order valence-electron chi connectivity index (χ2n) is 7.17. The number of likely N-dealkylation sites (tertiary alicyclic amines) is 1. The van der Waals surface area contributed by atoms with Crippen LogP contribution in [0.15, 0.2) is 18.2 Å². The molecule has 0 saturated carbocycles. The maximum atomic E-state index is 13.6. The topological polar surface area (TPSA) is 87.5 Å². The van der Waals surface area contributed by atoms with E-state index in [2.05, 4.69) is 10.6 Å². The molecule has 2 aliphatic rings. The summed E-state index contributed by atoms with van der Waals surface area (Å²) in [4.78, 5) is 26.2. The molecule has 0 aliphatic carbocycles. The number of nitrogens with one attached hydrogen (secondary N) is 2. The van der Waals surface area contributed by atoms with Crippen LogP contribution in [-0.4, -0.2) is 48.4 Å². The van der Waals surface area contributed by atoms with Gasteiger partial charge in [-0.05, 0) is 44.0 Å². The largest absolute Gasteiger partial charge is 0.416 e. The van der Waals surface area contributed by atoms with Crippen LogP contribution in [0.25, 0.3) is 0 Å². The Morgan fingerprint density at radius 1 is 1.25 bits per heavy atom. The van der Waals surface area contributed by atoms with E-state index in [1.54, 1.807) is 4.90 Å². The molecule has 154 valence electrons. The molecule has 0 spiro atoms. The quantitative estimate of drug-likeness (QED) is 0.670. The van der Waals surface area contributed by atoms with Crippen LogP contribution in [0.2, 0.25) is 0 Å². The highest BCUT2D eigenvalue weighted by molar-refractivity contribution is 5.87. The fourth-order valence-electron chi connectivity index (χ4n) is 3.90. The molecule has 10 heteroatoms. The van der Waals surface area contributed by atoms with Gasteiger partial charge in [0.05, 0.1) is 17.5 Å². The molecule has 0 radical (unpaired) electrons. The third-order valence-electron chi connectivity index (χ3n) is 5.25. The third kappa shape index (κ3) is 4.37. The highest BCUT2D eigenvalue weighted by Gasteiger charge is 2.40. The number of anilines is 1. The van der Waals surface area contributed by atoms with Crippen molar-refractivity contribution in [3.63, 3.8) is 0 Å². The van der Waals surface area contributed by atoms with Crippen molar-refractivity contribution in [1.29, 1.82) is 0 Å². The molecule has 4 N–H and O–H groups in total. The van der Waals surface area contributed by atoms with Gasteiger partial charge >= 0.3 is 6.18 Å². The minimum absolute atomic E-state index is 0.110. The molecule has 2 aliphatic heterocycles. The number of amides is 2. The zero-order chi connectivity index (χ0) is 20.5. The van der Waals surface area contributed by atoms with Crippen molar-refractivity contribution in [1.82, 2.24) is 10.2 Å². The van der Waals surface area contributed by atoms with Crippen LogP contribution in [0.4, 0.5) is 23.2 Å². The average Bonchev–Trinajstić information content (AvgIpc) is 2.62. The molecular weight excluding hydrogens is 380 g/mol. The summed E-state index contributed by atoms with van der Waals surface area (Å²) in [5, 5.41) is 5.87. The molecule has 1 unspecified atom stereocenters. The molecule has 2 heterocycles. The van der Waals surface area contributed by atoms with Crippen LogP contribution in [0.1, 0.15) is 24.8 Å². The Bertz CT molecular complexity index is 756. The third-order valence-corrected chi connectivity index (χ3v) is 5.25. The first kappa shape index (κ1) is 20.4. The number of piperidine rings is 2. The summed E-state index contributed by atoms with van der Waals surface area (Å²) in [6, 6.07) is 0.916. The monoisotopic (exact) mass is 402 g/mol. The first-order valence-corrected chi connectivity index (χ1v) is 9.11. The second-order valence-corrected chi connectivity index (χ2v) is 7.17. The molecule has 3 atom stereocenters. The predicted octanol–water partition coefficient (Wildman–Crippen LogP) is 1.71. The smallest absolute Gasteiger partial charge is 0.374 e. The van der Waals surface area contributed by atoms with Crippen molar-refractivity contribution < 1.29 is 27.2 Å². The Hall–Kier alpha value is -2.36. The van der Waals surface area contributed by atoms with Crippen molar-refractivity contribution in [3.8, 4) is 0 Å². The molecule has 0 bridgehead atoms. The number of halogens is 4. The number of carbonyl (C=O) groups excluding carboxylic acids is 2. The van der Waals surface area contributed by atoms with E-state index < -0.39 is 41.5 Å². The Labute approximate surface area is 159 Å². The molecule has 2 saturated heterocycles. The lowest BCUT2D eigenvalue weighted by Gasteiger charge is -2.43. The lowest BCUT2D eigenvalue weighted by Crippen LogP contribution is -2.60. The minimum atomic E-state index is -4.69. The summed E-state index contributed by atoms with van der Waals surface area (Å²) in [5.74, 6) is -2.32. The lowest BCUT2D eigenvalue weighted by atomic mass is 9.88. The van der Waals surface area contributed by atoms with Crippen LogP contribution in [0.5, 0.6) is 0 Å². The van der Waals surface area contributed by atoms with E-state index in [-0.39, 0.29) is 11.6 Å². The Morgan fingerprint density at radius 2 is 2.00 bits per heavy atom. The van der Waals surface area contributed by atoms with Crippen molar-refractivity contribution in [2.45, 2.75) is 37.5 Å². The minimum Gasteiger partial charge on any atom is -0.374 e. The molecule has 0 aromatic heterocycles. The average molecular weight is 402 g/mol. The van der Waals surface area contributed by atoms with Gasteiger partial charge in [-0.2, -0.15) is 13.2 Å². The van der Waals surface area contributed by atoms with Crippen molar-refractivity contribution in [2.75, 3.05) is 25.0 Å². The van der Waals surface area contributed by atoms with Gasteiger partial charge in [0.25, 0.3) is 0 Å². The number of rotatable bonds is 4. The van der Waals surface area contributed by atoms with E-state index in [0.29, 0.717) is 45.0 Å². The zero-order valence-electron chi connectivity index (χ0n) is 15.1. The van der Waals surface area contributed by atoms with Gasteiger partial charge in [-0.3, -0.25) is 9.59 Å². The number of benzene rings is 1. The van der Waals surface area contributed by atoms with Gasteiger partial charge in [0.2, 0.25) is 11.8 Å². The Morgan fingerprint density at radius 3 is 2.68 bits per heavy atom. The highest BCUT2D eigenvalue weighted by Crippen LogP contribution is 2.32. The summed E-state index contributed by atoms with van der Waals surface area (Å²) in [5.41, 5.74) is 4.24. The summed E-state index contributed by atoms with van der Waals surface area (Å²) >= 11 is 0. The molecule has 28 heavy (non-hydrogen) atoms. The Kier molecular flexibility index (Phi) is 5.78. The van der Waals surface area contributed by atoms with Gasteiger partial charge in [0.15, 0.2) is 0 Å². The summed E-state index contributed by atoms with van der Waals surface area (Å²) in [7, 11) is 0. The zero-order valence-corrected chi connectivity index (χ0v) is 15.1. The van der Waals surface area contributed by atoms with Crippen molar-refractivity contribution in [3.05, 3.63) is 29.6 Å². The van der Waals surface area contributed by atoms with Gasteiger partial charge in [0.1, 0.15) is 11.9 Å². The number of hydrogen-bond acceptors (Lipinski definition) is 4. The number of alkyl halides is 3. The number of hydrogen-bond donors (Lipinski definition) is 3. The summed E-state index contributed by atoms with van der Waals surface area (Å²) in [6.07, 6.45) is -3.17. The first-order valence-electron chi connectivity index (χ1n) is 9.11. The van der Waals surface area contributed by atoms with E-state index in [4.69, 9.17) is 5.73 Å². The molecule has 6 nitrogen and oxygen atoms in total. The molecule has 3 rings (SSSR count). The van der Waals surface area contributed by atoms with Crippen LogP contribution in [-0.2, 0) is 15.8 Å². The van der Waals surface area contributed by atoms with Gasteiger partial charge in [0, 0.05) is 18.8 Å². The van der Waals surface area contributed by atoms with E-state index in [9.17, 15) is 27.2 Å². The Balaban J connectivity index is 1.78. The van der Waals surface area contributed by atoms with Crippen LogP contribution < -0.4 is 16.4 Å². The molecule has 2 fully saturated rings. The maximum absolute atomic E-state index is 13.6. The van der Waals surface area contributed by atoms with Gasteiger partial charge < -0.3 is 21.3 Å². The van der Waals surface area contributed by atoms with Gasteiger partial charge in [-0.25, -0.2) is 4.39 Å². The summed E-state index contributed by atoms with van der Waals surface area (Å²) < 4.78 is 52.3. The van der Waals surface area contributed by atoms with Gasteiger partial charge in [-0.15, -0.1) is 0 Å². The van der Waals surface area contributed by atoms with E-state index in [1.165, 1.54) is 0 Å². The number of primary amides is 1. The molecule has 1 aromatic rings. The first-order chi connectivity index (χ1) is 13.2. The molecule has 1 aromatic carbocycles. The number of carbonyl (C=O) groups is 2. The summed E-state index contributed by atoms with van der Waals surface area (Å²) in [6.45, 7) is 1.48. The van der Waals surface area contributed by atoms with Crippen LogP contribution >= 0.6 is 0 Å². The predicted molar refractivity (Wildman–Crippen MR) is 93.7 cm³/mol.